The van der Waals surface area contributed by atoms with E-state index in [0.717, 1.165) is 28.3 Å². The largest absolute Gasteiger partial charge is 0.490 e. The van der Waals surface area contributed by atoms with Gasteiger partial charge in [0.05, 0.1) is 5.69 Å². The topological polar surface area (TPSA) is 78.5 Å². The monoisotopic (exact) mass is 488 g/mol. The normalized spacial score (nSPS) is 17.6. The number of carbonyl (C=O) groups excluding carboxylic acids is 2. The summed E-state index contributed by atoms with van der Waals surface area (Å²) in [6.07, 6.45) is 2.01. The summed E-state index contributed by atoms with van der Waals surface area (Å²) in [6, 6.07) is 19.7. The highest BCUT2D eigenvalue weighted by atomic mass is 16.5. The molecule has 2 amide bonds. The fourth-order valence-corrected chi connectivity index (χ4v) is 4.92. The van der Waals surface area contributed by atoms with Crippen LogP contribution in [0.15, 0.2) is 60.7 Å². The first-order valence-electron chi connectivity index (χ1n) is 12.7. The number of piperidine rings is 1. The Morgan fingerprint density at radius 3 is 2.44 bits per heavy atom. The van der Waals surface area contributed by atoms with Gasteiger partial charge in [-0.1, -0.05) is 48.5 Å². The fourth-order valence-electron chi connectivity index (χ4n) is 4.92. The van der Waals surface area contributed by atoms with E-state index in [1.165, 1.54) is 0 Å². The van der Waals surface area contributed by atoms with Crippen molar-refractivity contribution in [2.24, 2.45) is 5.92 Å². The molecule has 7 heteroatoms. The van der Waals surface area contributed by atoms with Crippen molar-refractivity contribution in [3.05, 3.63) is 83.2 Å². The van der Waals surface area contributed by atoms with Crippen molar-refractivity contribution in [3.8, 4) is 5.75 Å². The summed E-state index contributed by atoms with van der Waals surface area (Å²) in [4.78, 5) is 30.0. The van der Waals surface area contributed by atoms with E-state index >= 15 is 0 Å². The van der Waals surface area contributed by atoms with Crippen LogP contribution in [0, 0.1) is 19.8 Å². The minimum atomic E-state index is -0.121. The highest BCUT2D eigenvalue weighted by Crippen LogP contribution is 2.27. The number of nitrogens with one attached hydrogen (secondary N) is 1. The van der Waals surface area contributed by atoms with Gasteiger partial charge in [-0.25, -0.2) is 0 Å². The van der Waals surface area contributed by atoms with Gasteiger partial charge in [0.25, 0.3) is 0 Å². The van der Waals surface area contributed by atoms with E-state index in [0.29, 0.717) is 45.3 Å². The first-order valence-corrected chi connectivity index (χ1v) is 12.7. The van der Waals surface area contributed by atoms with E-state index in [9.17, 15) is 9.59 Å². The Bertz CT molecular complexity index is 1130. The molecule has 0 radical (unpaired) electrons. The zero-order valence-corrected chi connectivity index (χ0v) is 21.4. The van der Waals surface area contributed by atoms with Gasteiger partial charge in [-0.3, -0.25) is 14.7 Å². The molecule has 1 fully saturated rings. The van der Waals surface area contributed by atoms with Crippen LogP contribution in [0.1, 0.15) is 41.8 Å². The molecule has 1 saturated heterocycles. The van der Waals surface area contributed by atoms with Crippen LogP contribution in [0.4, 0.5) is 0 Å². The van der Waals surface area contributed by atoms with Crippen LogP contribution in [0.5, 0.6) is 5.75 Å². The Hall–Kier alpha value is -3.61. The number of hydrogen-bond acceptors (Lipinski definition) is 4. The van der Waals surface area contributed by atoms with E-state index < -0.39 is 0 Å². The van der Waals surface area contributed by atoms with Crippen molar-refractivity contribution < 1.29 is 14.3 Å². The SMILES string of the molecule is Cc1n[nH]c(C)c1CCC(=O)N1CC[C@H](Oc2ccccc2)[C@@H](CC(=O)N(C)Cc2ccccc2)C1. The Balaban J connectivity index is 1.41. The molecule has 1 aromatic heterocycles. The second-order valence-corrected chi connectivity index (χ2v) is 9.71. The second-order valence-electron chi connectivity index (χ2n) is 9.71. The molecule has 1 aliphatic heterocycles. The zero-order valence-electron chi connectivity index (χ0n) is 21.4. The van der Waals surface area contributed by atoms with Crippen molar-refractivity contribution in [1.29, 1.82) is 0 Å². The van der Waals surface area contributed by atoms with Crippen LogP contribution in [0.3, 0.4) is 0 Å². The zero-order chi connectivity index (χ0) is 25.5. The molecule has 0 unspecified atom stereocenters. The fraction of sp³-hybridized carbons (Fsp3) is 0.414. The van der Waals surface area contributed by atoms with E-state index in [2.05, 4.69) is 10.2 Å². The molecule has 3 aromatic rings. The highest BCUT2D eigenvalue weighted by Gasteiger charge is 2.35. The van der Waals surface area contributed by atoms with Gasteiger partial charge in [-0.15, -0.1) is 0 Å². The van der Waals surface area contributed by atoms with Crippen molar-refractivity contribution in [2.75, 3.05) is 20.1 Å². The maximum atomic E-state index is 13.2. The smallest absolute Gasteiger partial charge is 0.223 e. The van der Waals surface area contributed by atoms with Crippen molar-refractivity contribution >= 4 is 11.8 Å². The summed E-state index contributed by atoms with van der Waals surface area (Å²) >= 11 is 0. The molecule has 1 aliphatic rings. The van der Waals surface area contributed by atoms with Crippen LogP contribution in [0.2, 0.25) is 0 Å². The number of benzene rings is 2. The molecular formula is C29H36N4O3. The number of rotatable bonds is 9. The Kier molecular flexibility index (Phi) is 8.41. The first-order chi connectivity index (χ1) is 17.4. The summed E-state index contributed by atoms with van der Waals surface area (Å²) in [6.45, 7) is 5.65. The van der Waals surface area contributed by atoms with E-state index in [-0.39, 0.29) is 23.8 Å². The predicted molar refractivity (Wildman–Crippen MR) is 139 cm³/mol. The van der Waals surface area contributed by atoms with Crippen molar-refractivity contribution in [1.82, 2.24) is 20.0 Å². The van der Waals surface area contributed by atoms with Gasteiger partial charge >= 0.3 is 0 Å². The van der Waals surface area contributed by atoms with Gasteiger partial charge in [0.1, 0.15) is 11.9 Å². The standard InChI is InChI=1S/C29H36N4O3/c1-21-26(22(2)31-30-21)14-15-28(34)33-17-16-27(36-25-12-8-5-9-13-25)24(20-33)18-29(35)32(3)19-23-10-6-4-7-11-23/h4-13,24,27H,14-20H2,1-3H3,(H,30,31)/t24-,27-/m0/s1. The third kappa shape index (κ3) is 6.53. The van der Waals surface area contributed by atoms with Gasteiger partial charge in [-0.2, -0.15) is 5.10 Å². The second kappa shape index (κ2) is 11.9. The molecule has 2 atom stereocenters. The lowest BCUT2D eigenvalue weighted by molar-refractivity contribution is -0.138. The number of aryl methyl sites for hydroxylation is 2. The molecule has 2 heterocycles. The number of H-pyrrole nitrogens is 1. The molecule has 190 valence electrons. The third-order valence-electron chi connectivity index (χ3n) is 7.04. The molecule has 36 heavy (non-hydrogen) atoms. The molecule has 4 rings (SSSR count). The Morgan fingerprint density at radius 1 is 1.08 bits per heavy atom. The van der Waals surface area contributed by atoms with Crippen molar-refractivity contribution in [2.45, 2.75) is 52.2 Å². The lowest BCUT2D eigenvalue weighted by Gasteiger charge is -2.39. The molecule has 1 N–H and O–H groups in total. The molecule has 7 nitrogen and oxygen atoms in total. The number of likely N-dealkylation sites (tertiary alicyclic amines) is 1. The number of amides is 2. The van der Waals surface area contributed by atoms with E-state index in [1.807, 2.05) is 86.5 Å². The average Bonchev–Trinajstić information content (AvgIpc) is 3.21. The minimum Gasteiger partial charge on any atom is -0.490 e. The maximum Gasteiger partial charge on any atom is 0.223 e. The van der Waals surface area contributed by atoms with Crippen LogP contribution >= 0.6 is 0 Å². The van der Waals surface area contributed by atoms with Gasteiger partial charge in [0.2, 0.25) is 11.8 Å². The molecule has 2 aromatic carbocycles. The number of para-hydroxylation sites is 1. The van der Waals surface area contributed by atoms with Gasteiger partial charge in [-0.05, 0) is 43.5 Å². The number of aromatic nitrogens is 2. The predicted octanol–water partition coefficient (Wildman–Crippen LogP) is 4.30. The summed E-state index contributed by atoms with van der Waals surface area (Å²) in [7, 11) is 1.84. The average molecular weight is 489 g/mol. The Morgan fingerprint density at radius 2 is 1.78 bits per heavy atom. The van der Waals surface area contributed by atoms with E-state index in [1.54, 1.807) is 4.90 Å². The summed E-state index contributed by atoms with van der Waals surface area (Å²) in [5.74, 6) is 0.891. The number of hydrogen-bond donors (Lipinski definition) is 1. The van der Waals surface area contributed by atoms with Gasteiger partial charge < -0.3 is 14.5 Å². The lowest BCUT2D eigenvalue weighted by Crippen LogP contribution is -2.49. The maximum absolute atomic E-state index is 13.2. The molecule has 0 saturated carbocycles. The highest BCUT2D eigenvalue weighted by molar-refractivity contribution is 5.78. The first kappa shape index (κ1) is 25.5. The number of nitrogens with zero attached hydrogens (tertiary/aromatic N) is 3. The van der Waals surface area contributed by atoms with Crippen LogP contribution < -0.4 is 4.74 Å². The molecule has 0 bridgehead atoms. The molecule has 0 aliphatic carbocycles. The number of carbonyl (C=O) groups is 2. The number of ether oxygens (including phenoxy) is 1. The van der Waals surface area contributed by atoms with Crippen LogP contribution in [0.25, 0.3) is 0 Å². The third-order valence-corrected chi connectivity index (χ3v) is 7.04. The summed E-state index contributed by atoms with van der Waals surface area (Å²) < 4.78 is 6.32. The van der Waals surface area contributed by atoms with Crippen molar-refractivity contribution in [3.63, 3.8) is 0 Å². The Labute approximate surface area is 213 Å². The molecular weight excluding hydrogens is 452 g/mol. The van der Waals surface area contributed by atoms with Gasteiger partial charge in [0.15, 0.2) is 0 Å². The van der Waals surface area contributed by atoms with Crippen LogP contribution in [-0.4, -0.2) is 58.1 Å². The van der Waals surface area contributed by atoms with E-state index in [4.69, 9.17) is 4.74 Å². The van der Waals surface area contributed by atoms with Crippen LogP contribution in [-0.2, 0) is 22.6 Å². The lowest BCUT2D eigenvalue weighted by atomic mass is 9.90. The quantitative estimate of drug-likeness (QED) is 0.487. The molecule has 0 spiro atoms. The summed E-state index contributed by atoms with van der Waals surface area (Å²) in [5, 5.41) is 7.23. The number of aromatic amines is 1. The minimum absolute atomic E-state index is 0.0597. The summed E-state index contributed by atoms with van der Waals surface area (Å²) in [5.41, 5.74) is 4.16. The van der Waals surface area contributed by atoms with Gasteiger partial charge in [0, 0.05) is 57.6 Å².